The highest BCUT2D eigenvalue weighted by molar-refractivity contribution is 5.89. The highest BCUT2D eigenvalue weighted by Crippen LogP contribution is 2.14. The second kappa shape index (κ2) is 7.68. The number of rotatable bonds is 5. The minimum atomic E-state index is -0.664. The van der Waals surface area contributed by atoms with Crippen LogP contribution in [0.4, 0.5) is 0 Å². The van der Waals surface area contributed by atoms with Gasteiger partial charge in [0.25, 0.3) is 0 Å². The summed E-state index contributed by atoms with van der Waals surface area (Å²) in [6, 6.07) is 6.74. The largest absolute Gasteiger partial charge is 0.593 e. The predicted octanol–water partition coefficient (Wildman–Crippen LogP) is 1.96. The van der Waals surface area contributed by atoms with Gasteiger partial charge < -0.3 is 20.0 Å². The summed E-state index contributed by atoms with van der Waals surface area (Å²) in [5.41, 5.74) is 3.53. The van der Waals surface area contributed by atoms with Gasteiger partial charge in [-0.1, -0.05) is 32.9 Å². The molecule has 0 saturated carbocycles. The number of carbonyl (C=O) groups is 1. The molecular formula is C16H23N2O4-. The SMILES string of the molecule is CCOC(=O)c1ccc([C@H](C)N/N=C(\[O-])OC(C)(C)C)cc1. The molecular weight excluding hydrogens is 284 g/mol. The van der Waals surface area contributed by atoms with Gasteiger partial charge in [0.1, 0.15) is 0 Å². The van der Waals surface area contributed by atoms with Crippen LogP contribution in [0.5, 0.6) is 0 Å². The highest BCUT2D eigenvalue weighted by atomic mass is 16.6. The zero-order valence-electron chi connectivity index (χ0n) is 13.7. The molecule has 0 aliphatic rings. The van der Waals surface area contributed by atoms with Crippen LogP contribution in [0.15, 0.2) is 29.4 Å². The Bertz CT molecular complexity index is 518. The van der Waals surface area contributed by atoms with E-state index in [0.717, 1.165) is 5.56 Å². The number of nitrogens with one attached hydrogen (secondary N) is 1. The molecule has 1 N–H and O–H groups in total. The van der Waals surface area contributed by atoms with Crippen molar-refractivity contribution in [2.75, 3.05) is 6.61 Å². The van der Waals surface area contributed by atoms with E-state index in [1.807, 2.05) is 6.92 Å². The molecule has 6 nitrogen and oxygen atoms in total. The van der Waals surface area contributed by atoms with Crippen molar-refractivity contribution in [1.29, 1.82) is 0 Å². The van der Waals surface area contributed by atoms with Crippen molar-refractivity contribution in [3.63, 3.8) is 0 Å². The van der Waals surface area contributed by atoms with Crippen molar-refractivity contribution < 1.29 is 19.4 Å². The molecule has 0 aliphatic carbocycles. The Morgan fingerprint density at radius 2 is 1.91 bits per heavy atom. The van der Waals surface area contributed by atoms with Gasteiger partial charge in [0, 0.05) is 5.60 Å². The van der Waals surface area contributed by atoms with Crippen LogP contribution in [-0.2, 0) is 9.47 Å². The molecule has 1 aromatic rings. The molecule has 1 atom stereocenters. The van der Waals surface area contributed by atoms with Crippen LogP contribution in [0, 0.1) is 0 Å². The lowest BCUT2D eigenvalue weighted by Crippen LogP contribution is -2.33. The lowest BCUT2D eigenvalue weighted by molar-refractivity contribution is -0.261. The molecule has 0 heterocycles. The van der Waals surface area contributed by atoms with Crippen molar-refractivity contribution in [2.24, 2.45) is 5.10 Å². The smallest absolute Gasteiger partial charge is 0.338 e. The number of hydrogen-bond donors (Lipinski definition) is 1. The summed E-state index contributed by atoms with van der Waals surface area (Å²) in [6.45, 7) is 9.28. The van der Waals surface area contributed by atoms with Crippen LogP contribution in [-0.4, -0.2) is 24.3 Å². The quantitative estimate of drug-likeness (QED) is 0.389. The number of esters is 1. The topological polar surface area (TPSA) is 83.0 Å². The van der Waals surface area contributed by atoms with E-state index in [4.69, 9.17) is 9.47 Å². The third kappa shape index (κ3) is 6.03. The lowest BCUT2D eigenvalue weighted by Gasteiger charge is -2.29. The molecule has 0 saturated heterocycles. The van der Waals surface area contributed by atoms with Crippen molar-refractivity contribution in [2.45, 2.75) is 46.3 Å². The van der Waals surface area contributed by atoms with Crippen molar-refractivity contribution >= 4 is 12.1 Å². The first-order valence-electron chi connectivity index (χ1n) is 7.19. The van der Waals surface area contributed by atoms with Crippen molar-refractivity contribution in [3.05, 3.63) is 35.4 Å². The van der Waals surface area contributed by atoms with Crippen LogP contribution < -0.4 is 10.5 Å². The first-order chi connectivity index (χ1) is 10.2. The van der Waals surface area contributed by atoms with E-state index in [1.165, 1.54) is 0 Å². The third-order valence-electron chi connectivity index (χ3n) is 2.66. The average Bonchev–Trinajstić information content (AvgIpc) is 2.43. The Balaban J connectivity index is 2.64. The van der Waals surface area contributed by atoms with Crippen LogP contribution in [0.2, 0.25) is 0 Å². The fourth-order valence-electron chi connectivity index (χ4n) is 1.63. The zero-order valence-corrected chi connectivity index (χ0v) is 13.7. The zero-order chi connectivity index (χ0) is 16.8. The Hall–Kier alpha value is -2.24. The van der Waals surface area contributed by atoms with E-state index in [2.05, 4.69) is 10.5 Å². The summed E-state index contributed by atoms with van der Waals surface area (Å²) < 4.78 is 9.99. The summed E-state index contributed by atoms with van der Waals surface area (Å²) in [6.07, 6.45) is -0.664. The van der Waals surface area contributed by atoms with Crippen LogP contribution >= 0.6 is 0 Å². The summed E-state index contributed by atoms with van der Waals surface area (Å²) in [4.78, 5) is 11.6. The maximum atomic E-state index is 11.6. The number of hydrazone groups is 1. The van der Waals surface area contributed by atoms with Gasteiger partial charge in [-0.05, 0) is 31.5 Å². The molecule has 1 rings (SSSR count). The van der Waals surface area contributed by atoms with E-state index in [1.54, 1.807) is 52.0 Å². The van der Waals surface area contributed by atoms with Gasteiger partial charge in [0.2, 0.25) is 0 Å². The van der Waals surface area contributed by atoms with Crippen molar-refractivity contribution in [3.8, 4) is 0 Å². The Kier molecular flexibility index (Phi) is 6.22. The number of hydrogen-bond acceptors (Lipinski definition) is 6. The highest BCUT2D eigenvalue weighted by Gasteiger charge is 2.09. The summed E-state index contributed by atoms with van der Waals surface area (Å²) in [7, 11) is 0. The maximum absolute atomic E-state index is 11.6. The van der Waals surface area contributed by atoms with Gasteiger partial charge in [-0.25, -0.2) is 4.79 Å². The molecule has 0 aromatic heterocycles. The second-order valence-electron chi connectivity index (χ2n) is 5.79. The molecule has 1 aromatic carbocycles. The Morgan fingerprint density at radius 1 is 1.32 bits per heavy atom. The first kappa shape index (κ1) is 17.8. The average molecular weight is 307 g/mol. The monoisotopic (exact) mass is 307 g/mol. The fraction of sp³-hybridized carbons (Fsp3) is 0.500. The molecule has 122 valence electrons. The normalized spacial score (nSPS) is 13.4. The maximum Gasteiger partial charge on any atom is 0.338 e. The first-order valence-corrected chi connectivity index (χ1v) is 7.19. The molecule has 0 bridgehead atoms. The van der Waals surface area contributed by atoms with Gasteiger partial charge in [-0.15, -0.1) is 0 Å². The standard InChI is InChI=1S/C16H24N2O4/c1-6-21-14(19)13-9-7-12(8-10-13)11(2)17-18-15(20)22-16(3,4)5/h7-11,17H,6H2,1-5H3,(H,18,20)/p-1/t11-/m0/s1. The number of benzene rings is 1. The second-order valence-corrected chi connectivity index (χ2v) is 5.79. The minimum Gasteiger partial charge on any atom is -0.593 e. The molecule has 0 fully saturated rings. The van der Waals surface area contributed by atoms with E-state index in [-0.39, 0.29) is 12.0 Å². The third-order valence-corrected chi connectivity index (χ3v) is 2.66. The molecule has 0 spiro atoms. The van der Waals surface area contributed by atoms with E-state index in [0.29, 0.717) is 12.2 Å². The lowest BCUT2D eigenvalue weighted by atomic mass is 10.1. The summed E-state index contributed by atoms with van der Waals surface area (Å²) >= 11 is 0. The molecule has 0 amide bonds. The van der Waals surface area contributed by atoms with Gasteiger partial charge in [-0.3, -0.25) is 0 Å². The fourth-order valence-corrected chi connectivity index (χ4v) is 1.63. The van der Waals surface area contributed by atoms with E-state index in [9.17, 15) is 9.90 Å². The van der Waals surface area contributed by atoms with Gasteiger partial charge in [0.15, 0.2) is 6.08 Å². The van der Waals surface area contributed by atoms with Crippen LogP contribution in [0.1, 0.15) is 56.6 Å². The minimum absolute atomic E-state index is 0.191. The van der Waals surface area contributed by atoms with Gasteiger partial charge in [-0.2, -0.15) is 5.10 Å². The molecule has 6 heteroatoms. The van der Waals surface area contributed by atoms with Gasteiger partial charge in [0.05, 0.1) is 18.2 Å². The van der Waals surface area contributed by atoms with Crippen LogP contribution in [0.25, 0.3) is 0 Å². The van der Waals surface area contributed by atoms with E-state index < -0.39 is 11.7 Å². The molecule has 0 unspecified atom stereocenters. The van der Waals surface area contributed by atoms with Gasteiger partial charge >= 0.3 is 5.97 Å². The Morgan fingerprint density at radius 3 is 2.41 bits per heavy atom. The summed E-state index contributed by atoms with van der Waals surface area (Å²) in [5.74, 6) is -0.354. The number of nitrogens with zero attached hydrogens (tertiary/aromatic N) is 1. The number of ether oxygens (including phenoxy) is 2. The predicted molar refractivity (Wildman–Crippen MR) is 82.2 cm³/mol. The summed E-state index contributed by atoms with van der Waals surface area (Å²) in [5, 5.41) is 15.2. The molecule has 0 aliphatic heterocycles. The Labute approximate surface area is 131 Å². The van der Waals surface area contributed by atoms with Crippen LogP contribution in [0.3, 0.4) is 0 Å². The number of carbonyl (C=O) groups excluding carboxylic acids is 1. The van der Waals surface area contributed by atoms with Crippen molar-refractivity contribution in [1.82, 2.24) is 5.43 Å². The van der Waals surface area contributed by atoms with E-state index >= 15 is 0 Å². The molecule has 0 radical (unpaired) electrons. The molecule has 22 heavy (non-hydrogen) atoms.